The van der Waals surface area contributed by atoms with Gasteiger partial charge in [0, 0.05) is 11.3 Å². The second-order valence-electron chi connectivity index (χ2n) is 3.90. The molecule has 10 heteroatoms. The molecule has 106 valence electrons. The molecule has 0 aliphatic rings. The van der Waals surface area contributed by atoms with Gasteiger partial charge in [-0.1, -0.05) is 6.07 Å². The van der Waals surface area contributed by atoms with E-state index in [-0.39, 0.29) is 5.69 Å². The fraction of sp³-hybridized carbons (Fsp3) is 0.0909. The molecule has 3 aromatic heterocycles. The third-order valence-corrected chi connectivity index (χ3v) is 4.08. The second-order valence-corrected chi connectivity index (χ2v) is 5.87. The highest BCUT2D eigenvalue weighted by Crippen LogP contribution is 2.22. The van der Waals surface area contributed by atoms with Gasteiger partial charge < -0.3 is 0 Å². The number of nitrogens with one attached hydrogen (secondary N) is 1. The minimum Gasteiger partial charge on any atom is -0.262 e. The molecule has 3 heterocycles. The zero-order valence-corrected chi connectivity index (χ0v) is 12.1. The Labute approximate surface area is 126 Å². The first kappa shape index (κ1) is 13.6. The van der Waals surface area contributed by atoms with E-state index in [1.807, 2.05) is 17.5 Å². The van der Waals surface area contributed by atoms with Crippen LogP contribution < -0.4 is 0 Å². The molecular weight excluding hydrogens is 312 g/mol. The van der Waals surface area contributed by atoms with Gasteiger partial charge in [0.2, 0.25) is 5.16 Å². The van der Waals surface area contributed by atoms with Gasteiger partial charge in [0.05, 0.1) is 4.92 Å². The van der Waals surface area contributed by atoms with E-state index in [2.05, 4.69) is 25.1 Å². The summed E-state index contributed by atoms with van der Waals surface area (Å²) in [5.41, 5.74) is -0.146. The van der Waals surface area contributed by atoms with Crippen molar-refractivity contribution in [3.8, 4) is 0 Å². The Balaban J connectivity index is 1.67. The zero-order valence-electron chi connectivity index (χ0n) is 10.5. The fourth-order valence-electron chi connectivity index (χ4n) is 1.52. The van der Waals surface area contributed by atoms with Crippen molar-refractivity contribution in [3.63, 3.8) is 0 Å². The number of thiophene rings is 1. The summed E-state index contributed by atoms with van der Waals surface area (Å²) in [7, 11) is 0. The van der Waals surface area contributed by atoms with Crippen LogP contribution in [-0.2, 0) is 6.42 Å². The molecule has 0 saturated carbocycles. The standard InChI is InChI=1S/C11H8N6O2S2/c18-17(19)7-5-12-10(13-6-7)21-11-14-9(15-16-11)4-8-2-1-3-20-8/h1-3,5-6H,4H2,(H,14,15,16). The fourth-order valence-corrected chi connectivity index (χ4v) is 2.85. The van der Waals surface area contributed by atoms with Gasteiger partial charge in [0.25, 0.3) is 0 Å². The van der Waals surface area contributed by atoms with E-state index in [0.29, 0.717) is 16.7 Å². The Bertz CT molecular complexity index is 740. The average Bonchev–Trinajstić information content (AvgIpc) is 3.12. The summed E-state index contributed by atoms with van der Waals surface area (Å²) in [5.74, 6) is 0.752. The van der Waals surface area contributed by atoms with E-state index in [1.54, 1.807) is 11.3 Å². The minimum atomic E-state index is -0.541. The molecule has 3 aromatic rings. The van der Waals surface area contributed by atoms with Crippen LogP contribution in [-0.4, -0.2) is 30.1 Å². The van der Waals surface area contributed by atoms with Gasteiger partial charge in [0.15, 0.2) is 5.16 Å². The predicted octanol–water partition coefficient (Wildman–Crippen LogP) is 2.31. The SMILES string of the molecule is O=[N+]([O-])c1cnc(Sc2n[nH]c(Cc3cccs3)n2)nc1. The summed E-state index contributed by atoms with van der Waals surface area (Å²) in [5, 5.41) is 20.3. The topological polar surface area (TPSA) is 110 Å². The number of H-pyrrole nitrogens is 1. The molecule has 0 saturated heterocycles. The van der Waals surface area contributed by atoms with Crippen LogP contribution in [0.2, 0.25) is 0 Å². The number of rotatable bonds is 5. The largest absolute Gasteiger partial charge is 0.305 e. The average molecular weight is 320 g/mol. The smallest absolute Gasteiger partial charge is 0.262 e. The zero-order chi connectivity index (χ0) is 14.7. The molecule has 1 N–H and O–H groups in total. The Morgan fingerprint density at radius 3 is 2.81 bits per heavy atom. The van der Waals surface area contributed by atoms with Gasteiger partial charge in [-0.3, -0.25) is 15.2 Å². The monoisotopic (exact) mass is 320 g/mol. The van der Waals surface area contributed by atoms with Crippen LogP contribution in [0.1, 0.15) is 10.7 Å². The van der Waals surface area contributed by atoms with Gasteiger partial charge >= 0.3 is 5.69 Å². The van der Waals surface area contributed by atoms with Crippen LogP contribution in [0.5, 0.6) is 0 Å². The lowest BCUT2D eigenvalue weighted by atomic mass is 10.3. The van der Waals surface area contributed by atoms with Crippen LogP contribution in [0.15, 0.2) is 40.2 Å². The summed E-state index contributed by atoms with van der Waals surface area (Å²) in [4.78, 5) is 23.3. The third kappa shape index (κ3) is 3.41. The Morgan fingerprint density at radius 1 is 1.33 bits per heavy atom. The number of aromatic amines is 1. The van der Waals surface area contributed by atoms with Crippen molar-refractivity contribution in [1.29, 1.82) is 0 Å². The summed E-state index contributed by atoms with van der Waals surface area (Å²) < 4.78 is 0. The van der Waals surface area contributed by atoms with Crippen LogP contribution in [0.25, 0.3) is 0 Å². The summed E-state index contributed by atoms with van der Waals surface area (Å²) in [6, 6.07) is 4.01. The molecule has 0 atom stereocenters. The molecule has 0 aliphatic heterocycles. The van der Waals surface area contributed by atoms with Crippen molar-refractivity contribution in [3.05, 3.63) is 50.7 Å². The van der Waals surface area contributed by atoms with E-state index < -0.39 is 4.92 Å². The van der Waals surface area contributed by atoms with Crippen LogP contribution >= 0.6 is 23.1 Å². The van der Waals surface area contributed by atoms with Crippen molar-refractivity contribution >= 4 is 28.8 Å². The Hall–Kier alpha value is -2.33. The third-order valence-electron chi connectivity index (χ3n) is 2.44. The minimum absolute atomic E-state index is 0.146. The predicted molar refractivity (Wildman–Crippen MR) is 76.3 cm³/mol. The second kappa shape index (κ2) is 5.97. The maximum absolute atomic E-state index is 10.5. The number of nitro groups is 1. The number of aromatic nitrogens is 5. The number of hydrogen-bond acceptors (Lipinski definition) is 8. The highest BCUT2D eigenvalue weighted by molar-refractivity contribution is 7.99. The Morgan fingerprint density at radius 2 is 2.14 bits per heavy atom. The maximum atomic E-state index is 10.5. The molecule has 0 radical (unpaired) electrons. The van der Waals surface area contributed by atoms with E-state index in [0.717, 1.165) is 30.0 Å². The molecular formula is C11H8N6O2S2. The quantitative estimate of drug-likeness (QED) is 0.436. The van der Waals surface area contributed by atoms with Crippen molar-refractivity contribution in [2.45, 2.75) is 16.7 Å². The number of hydrogen-bond donors (Lipinski definition) is 1. The van der Waals surface area contributed by atoms with Crippen molar-refractivity contribution in [2.24, 2.45) is 0 Å². The number of nitrogens with zero attached hydrogens (tertiary/aromatic N) is 5. The van der Waals surface area contributed by atoms with Crippen molar-refractivity contribution in [2.75, 3.05) is 0 Å². The first-order chi connectivity index (χ1) is 10.2. The lowest BCUT2D eigenvalue weighted by molar-refractivity contribution is -0.385. The molecule has 0 bridgehead atoms. The van der Waals surface area contributed by atoms with Crippen LogP contribution in [0, 0.1) is 10.1 Å². The molecule has 0 amide bonds. The van der Waals surface area contributed by atoms with Crippen LogP contribution in [0.3, 0.4) is 0 Å². The molecule has 8 nitrogen and oxygen atoms in total. The van der Waals surface area contributed by atoms with E-state index in [1.165, 1.54) is 4.88 Å². The summed E-state index contributed by atoms with van der Waals surface area (Å²) >= 11 is 2.80. The molecule has 3 rings (SSSR count). The van der Waals surface area contributed by atoms with Gasteiger partial charge in [-0.05, 0) is 23.2 Å². The molecule has 21 heavy (non-hydrogen) atoms. The van der Waals surface area contributed by atoms with Gasteiger partial charge in [0.1, 0.15) is 18.2 Å². The van der Waals surface area contributed by atoms with Gasteiger partial charge in [-0.2, -0.15) is 0 Å². The van der Waals surface area contributed by atoms with Gasteiger partial charge in [-0.15, -0.1) is 16.4 Å². The highest BCUT2D eigenvalue weighted by Gasteiger charge is 2.11. The first-order valence-corrected chi connectivity index (χ1v) is 7.48. The van der Waals surface area contributed by atoms with Crippen LogP contribution in [0.4, 0.5) is 5.69 Å². The maximum Gasteiger partial charge on any atom is 0.305 e. The Kier molecular flexibility index (Phi) is 3.88. The molecule has 0 spiro atoms. The highest BCUT2D eigenvalue weighted by atomic mass is 32.2. The molecule has 0 fully saturated rings. The van der Waals surface area contributed by atoms with E-state index >= 15 is 0 Å². The molecule has 0 aliphatic carbocycles. The lowest BCUT2D eigenvalue weighted by Gasteiger charge is -1.94. The summed E-state index contributed by atoms with van der Waals surface area (Å²) in [6.45, 7) is 0. The van der Waals surface area contributed by atoms with Crippen molar-refractivity contribution in [1.82, 2.24) is 25.1 Å². The van der Waals surface area contributed by atoms with E-state index in [9.17, 15) is 10.1 Å². The normalized spacial score (nSPS) is 10.7. The molecule has 0 aromatic carbocycles. The molecule has 0 unspecified atom stereocenters. The van der Waals surface area contributed by atoms with Gasteiger partial charge in [-0.25, -0.2) is 15.0 Å². The lowest BCUT2D eigenvalue weighted by Crippen LogP contribution is -1.92. The summed E-state index contributed by atoms with van der Waals surface area (Å²) in [6.07, 6.45) is 3.01. The van der Waals surface area contributed by atoms with E-state index in [4.69, 9.17) is 0 Å². The van der Waals surface area contributed by atoms with Crippen molar-refractivity contribution < 1.29 is 4.92 Å². The first-order valence-electron chi connectivity index (χ1n) is 5.78.